The first-order valence-electron chi connectivity index (χ1n) is 11.2. The summed E-state index contributed by atoms with van der Waals surface area (Å²) < 4.78 is 7.47. The van der Waals surface area contributed by atoms with Crippen molar-refractivity contribution >= 4 is 34.6 Å². The number of nitrogens with one attached hydrogen (secondary N) is 1. The Balaban J connectivity index is 1.70. The topological polar surface area (TPSA) is 94.1 Å². The Labute approximate surface area is 193 Å². The highest BCUT2D eigenvalue weighted by atomic mass is 16.5. The second-order valence-electron chi connectivity index (χ2n) is 8.80. The maximum absolute atomic E-state index is 6.45. The fraction of sp³-hybridized carbons (Fsp3) is 0.320. The Morgan fingerprint density at radius 1 is 0.818 bits per heavy atom. The Morgan fingerprint density at radius 3 is 2.06 bits per heavy atom. The molecule has 170 valence electrons. The van der Waals surface area contributed by atoms with Crippen molar-refractivity contribution in [2.75, 3.05) is 42.3 Å². The Bertz CT molecular complexity index is 1300. The van der Waals surface area contributed by atoms with Gasteiger partial charge < -0.3 is 20.7 Å². The fourth-order valence-electron chi connectivity index (χ4n) is 4.52. The highest BCUT2D eigenvalue weighted by Gasteiger charge is 2.23. The lowest BCUT2D eigenvalue weighted by Gasteiger charge is -2.28. The SMILES string of the molecule is Cc1cc(C)cc(Nc2nc(N3CCOCC3)c3nc(N)n(-c4cc(C)cc(C)c4)c3n2)c1. The van der Waals surface area contributed by atoms with Crippen LogP contribution in [-0.2, 0) is 4.74 Å². The van der Waals surface area contributed by atoms with Gasteiger partial charge in [0.1, 0.15) is 0 Å². The van der Waals surface area contributed by atoms with E-state index in [1.165, 1.54) is 11.1 Å². The Morgan fingerprint density at radius 2 is 1.42 bits per heavy atom. The van der Waals surface area contributed by atoms with Gasteiger partial charge in [-0.25, -0.2) is 4.98 Å². The zero-order valence-corrected chi connectivity index (χ0v) is 19.5. The van der Waals surface area contributed by atoms with Gasteiger partial charge in [-0.1, -0.05) is 12.1 Å². The van der Waals surface area contributed by atoms with E-state index in [1.807, 2.05) is 4.57 Å². The quantitative estimate of drug-likeness (QED) is 0.488. The van der Waals surface area contributed by atoms with Crippen molar-refractivity contribution in [2.45, 2.75) is 27.7 Å². The molecular formula is C25H29N7O. The summed E-state index contributed by atoms with van der Waals surface area (Å²) >= 11 is 0. The summed E-state index contributed by atoms with van der Waals surface area (Å²) in [7, 11) is 0. The summed E-state index contributed by atoms with van der Waals surface area (Å²) in [5, 5.41) is 3.41. The van der Waals surface area contributed by atoms with Gasteiger partial charge in [0.15, 0.2) is 17.0 Å². The van der Waals surface area contributed by atoms with Crippen molar-refractivity contribution in [3.63, 3.8) is 0 Å². The third-order valence-electron chi connectivity index (χ3n) is 5.77. The van der Waals surface area contributed by atoms with Gasteiger partial charge in [0.25, 0.3) is 0 Å². The first-order valence-corrected chi connectivity index (χ1v) is 11.2. The van der Waals surface area contributed by atoms with E-state index in [1.54, 1.807) is 0 Å². The second kappa shape index (κ2) is 8.37. The number of aryl methyl sites for hydroxylation is 4. The number of rotatable bonds is 4. The number of ether oxygens (including phenoxy) is 1. The highest BCUT2D eigenvalue weighted by Crippen LogP contribution is 2.31. The maximum Gasteiger partial charge on any atom is 0.231 e. The normalized spacial score (nSPS) is 14.1. The molecule has 3 heterocycles. The van der Waals surface area contributed by atoms with Crippen molar-refractivity contribution in [3.05, 3.63) is 58.7 Å². The zero-order chi connectivity index (χ0) is 23.1. The zero-order valence-electron chi connectivity index (χ0n) is 19.5. The molecule has 0 atom stereocenters. The van der Waals surface area contributed by atoms with E-state index in [4.69, 9.17) is 25.4 Å². The van der Waals surface area contributed by atoms with Crippen LogP contribution in [0.1, 0.15) is 22.3 Å². The number of hydrogen-bond acceptors (Lipinski definition) is 7. The van der Waals surface area contributed by atoms with Crippen molar-refractivity contribution in [2.24, 2.45) is 0 Å². The number of aromatic nitrogens is 4. The van der Waals surface area contributed by atoms with Crippen molar-refractivity contribution in [1.82, 2.24) is 19.5 Å². The van der Waals surface area contributed by atoms with Crippen LogP contribution >= 0.6 is 0 Å². The summed E-state index contributed by atoms with van der Waals surface area (Å²) in [5.74, 6) is 1.67. The van der Waals surface area contributed by atoms with Gasteiger partial charge >= 0.3 is 0 Å². The van der Waals surface area contributed by atoms with Gasteiger partial charge in [-0.2, -0.15) is 9.97 Å². The summed E-state index contributed by atoms with van der Waals surface area (Å²) in [6, 6.07) is 12.6. The molecule has 0 amide bonds. The molecule has 3 N–H and O–H groups in total. The molecule has 0 saturated carbocycles. The first-order chi connectivity index (χ1) is 15.9. The average molecular weight is 444 g/mol. The predicted octanol–water partition coefficient (Wildman–Crippen LogP) is 4.21. The fourth-order valence-corrected chi connectivity index (χ4v) is 4.52. The van der Waals surface area contributed by atoms with E-state index in [-0.39, 0.29) is 0 Å². The Hall–Kier alpha value is -3.65. The molecule has 0 radical (unpaired) electrons. The minimum absolute atomic E-state index is 0.391. The Kier molecular flexibility index (Phi) is 5.38. The minimum Gasteiger partial charge on any atom is -0.378 e. The number of morpholine rings is 1. The van der Waals surface area contributed by atoms with E-state index >= 15 is 0 Å². The summed E-state index contributed by atoms with van der Waals surface area (Å²) in [5.41, 5.74) is 14.4. The highest BCUT2D eigenvalue weighted by molar-refractivity contribution is 5.89. The molecule has 1 fully saturated rings. The van der Waals surface area contributed by atoms with Gasteiger partial charge in [-0.3, -0.25) is 4.57 Å². The van der Waals surface area contributed by atoms with Gasteiger partial charge in [0.2, 0.25) is 11.9 Å². The number of nitrogens with two attached hydrogens (primary N) is 1. The standard InChI is InChI=1S/C25H29N7O/c1-15-9-16(2)12-19(11-15)27-25-29-22(31-5-7-33-8-6-31)21-23(30-25)32(24(26)28-21)20-13-17(3)10-18(4)14-20/h9-14H,5-8H2,1-4H3,(H2,26,28)(H,27,29,30). The van der Waals surface area contributed by atoms with Crippen LogP contribution in [-0.4, -0.2) is 45.8 Å². The second-order valence-corrected chi connectivity index (χ2v) is 8.80. The van der Waals surface area contributed by atoms with Gasteiger partial charge in [0.05, 0.1) is 18.9 Å². The molecule has 8 heteroatoms. The third-order valence-corrected chi connectivity index (χ3v) is 5.77. The van der Waals surface area contributed by atoms with Crippen LogP contribution in [0.15, 0.2) is 36.4 Å². The van der Waals surface area contributed by atoms with Crippen LogP contribution in [0.2, 0.25) is 0 Å². The van der Waals surface area contributed by atoms with Gasteiger partial charge in [0, 0.05) is 18.8 Å². The monoisotopic (exact) mass is 443 g/mol. The van der Waals surface area contributed by atoms with Crippen LogP contribution in [0.25, 0.3) is 16.9 Å². The molecule has 0 bridgehead atoms. The number of fused-ring (bicyclic) bond motifs is 1. The molecule has 5 rings (SSSR count). The van der Waals surface area contributed by atoms with E-state index in [2.05, 4.69) is 74.3 Å². The van der Waals surface area contributed by atoms with Crippen LogP contribution in [0, 0.1) is 27.7 Å². The van der Waals surface area contributed by atoms with E-state index in [9.17, 15) is 0 Å². The molecule has 0 spiro atoms. The maximum atomic E-state index is 6.45. The molecule has 2 aromatic carbocycles. The van der Waals surface area contributed by atoms with E-state index in [0.29, 0.717) is 36.3 Å². The molecule has 0 unspecified atom stereocenters. The summed E-state index contributed by atoms with van der Waals surface area (Å²) in [6.07, 6.45) is 0. The molecule has 1 saturated heterocycles. The molecule has 8 nitrogen and oxygen atoms in total. The lowest BCUT2D eigenvalue weighted by atomic mass is 10.1. The number of nitrogens with zero attached hydrogens (tertiary/aromatic N) is 5. The van der Waals surface area contributed by atoms with Crippen LogP contribution in [0.3, 0.4) is 0 Å². The smallest absolute Gasteiger partial charge is 0.231 e. The van der Waals surface area contributed by atoms with Crippen molar-refractivity contribution in [3.8, 4) is 5.69 Å². The van der Waals surface area contributed by atoms with Gasteiger partial charge in [-0.05, 0) is 74.2 Å². The predicted molar refractivity (Wildman–Crippen MR) is 133 cm³/mol. The minimum atomic E-state index is 0.391. The first kappa shape index (κ1) is 21.2. The number of imidazole rings is 1. The van der Waals surface area contributed by atoms with Crippen LogP contribution in [0.5, 0.6) is 0 Å². The molecule has 4 aromatic rings. The van der Waals surface area contributed by atoms with Gasteiger partial charge in [-0.15, -0.1) is 0 Å². The molecule has 0 aliphatic carbocycles. The lowest BCUT2D eigenvalue weighted by molar-refractivity contribution is 0.122. The number of nitrogen functional groups attached to an aromatic ring is 1. The largest absolute Gasteiger partial charge is 0.378 e. The molecule has 2 aromatic heterocycles. The lowest BCUT2D eigenvalue weighted by Crippen LogP contribution is -2.37. The average Bonchev–Trinajstić information content (AvgIpc) is 3.08. The van der Waals surface area contributed by atoms with Crippen LogP contribution in [0.4, 0.5) is 23.4 Å². The van der Waals surface area contributed by atoms with Crippen LogP contribution < -0.4 is 16.0 Å². The number of hydrogen-bond donors (Lipinski definition) is 2. The van der Waals surface area contributed by atoms with Crippen molar-refractivity contribution < 1.29 is 4.74 Å². The molecule has 1 aliphatic heterocycles. The third kappa shape index (κ3) is 4.21. The molecular weight excluding hydrogens is 414 g/mol. The number of benzene rings is 2. The van der Waals surface area contributed by atoms with E-state index < -0.39 is 0 Å². The van der Waals surface area contributed by atoms with E-state index in [0.717, 1.165) is 41.4 Å². The number of anilines is 4. The molecule has 33 heavy (non-hydrogen) atoms. The molecule has 1 aliphatic rings. The van der Waals surface area contributed by atoms with Crippen molar-refractivity contribution in [1.29, 1.82) is 0 Å². The summed E-state index contributed by atoms with van der Waals surface area (Å²) in [4.78, 5) is 16.7. The summed E-state index contributed by atoms with van der Waals surface area (Å²) in [6.45, 7) is 11.1.